The van der Waals surface area contributed by atoms with Crippen molar-refractivity contribution in [1.29, 1.82) is 0 Å². The number of rotatable bonds is 3. The number of ether oxygens (including phenoxy) is 1. The van der Waals surface area contributed by atoms with Crippen molar-refractivity contribution in [2.75, 3.05) is 0 Å². The monoisotopic (exact) mass is 205 g/mol. The summed E-state index contributed by atoms with van der Waals surface area (Å²) in [6.45, 7) is 0.418. The van der Waals surface area contributed by atoms with E-state index in [1.165, 1.54) is 0 Å². The minimum absolute atomic E-state index is 0.418. The van der Waals surface area contributed by atoms with Gasteiger partial charge in [0.15, 0.2) is 0 Å². The van der Waals surface area contributed by atoms with E-state index >= 15 is 0 Å². The summed E-state index contributed by atoms with van der Waals surface area (Å²) in [5.41, 5.74) is 0.958. The molecule has 0 saturated carbocycles. The van der Waals surface area contributed by atoms with E-state index in [0.29, 0.717) is 12.2 Å². The Balaban J connectivity index is 2.35. The molecule has 0 atom stereocenters. The Morgan fingerprint density at radius 2 is 2.36 bits per heavy atom. The smallest absolute Gasteiger partial charge is 0.298 e. The highest BCUT2D eigenvalue weighted by Crippen LogP contribution is 2.24. The molecule has 3 nitrogen and oxygen atoms in total. The van der Waals surface area contributed by atoms with Crippen LogP contribution in [0.2, 0.25) is 0 Å². The minimum atomic E-state index is 0.418. The Morgan fingerprint density at radius 3 is 3.07 bits per heavy atom. The molecule has 70 valence electrons. The number of benzene rings is 1. The van der Waals surface area contributed by atoms with Gasteiger partial charge in [0.2, 0.25) is 0 Å². The second-order valence-corrected chi connectivity index (χ2v) is 3.47. The highest BCUT2D eigenvalue weighted by molar-refractivity contribution is 7.13. The Bertz CT molecular complexity index is 425. The molecule has 0 fully saturated rings. The molecule has 0 saturated heterocycles. The van der Waals surface area contributed by atoms with Gasteiger partial charge >= 0.3 is 0 Å². The molecule has 1 heterocycles. The van der Waals surface area contributed by atoms with Gasteiger partial charge in [0.1, 0.15) is 10.8 Å². The quantitative estimate of drug-likeness (QED) is 0.722. The number of carbonyl (C=O) groups is 1. The highest BCUT2D eigenvalue weighted by atomic mass is 32.1. The van der Waals surface area contributed by atoms with Gasteiger partial charge in [0.25, 0.3) is 6.47 Å². The molecule has 0 N–H and O–H groups in total. The summed E-state index contributed by atoms with van der Waals surface area (Å²) >= 11 is 1.55. The Morgan fingerprint density at radius 1 is 1.43 bits per heavy atom. The number of aromatic nitrogens is 1. The Labute approximate surface area is 85.0 Å². The van der Waals surface area contributed by atoms with Crippen LogP contribution in [0.1, 0.15) is 0 Å². The van der Waals surface area contributed by atoms with Crippen molar-refractivity contribution in [3.05, 3.63) is 35.8 Å². The maximum absolute atomic E-state index is 10.1. The largest absolute Gasteiger partial charge is 0.429 e. The molecule has 0 bridgehead atoms. The maximum Gasteiger partial charge on any atom is 0.298 e. The van der Waals surface area contributed by atoms with E-state index in [1.807, 2.05) is 17.5 Å². The Kier molecular flexibility index (Phi) is 2.55. The van der Waals surface area contributed by atoms with Crippen LogP contribution in [0.15, 0.2) is 35.8 Å². The van der Waals surface area contributed by atoms with Crippen LogP contribution in [-0.4, -0.2) is 11.5 Å². The maximum atomic E-state index is 10.1. The third kappa shape index (κ3) is 1.80. The van der Waals surface area contributed by atoms with Crippen LogP contribution in [0.3, 0.4) is 0 Å². The van der Waals surface area contributed by atoms with Crippen molar-refractivity contribution in [3.8, 4) is 16.3 Å². The summed E-state index contributed by atoms with van der Waals surface area (Å²) in [6, 6.07) is 7.27. The fraction of sp³-hybridized carbons (Fsp3) is 0. The summed E-state index contributed by atoms with van der Waals surface area (Å²) in [5.74, 6) is 0.535. The van der Waals surface area contributed by atoms with Crippen molar-refractivity contribution in [2.45, 2.75) is 0 Å². The average Bonchev–Trinajstić information content (AvgIpc) is 2.71. The first kappa shape index (κ1) is 8.90. The predicted octanol–water partition coefficient (Wildman–Crippen LogP) is 2.35. The fourth-order valence-electron chi connectivity index (χ4n) is 1.12. The van der Waals surface area contributed by atoms with E-state index in [2.05, 4.69) is 4.98 Å². The van der Waals surface area contributed by atoms with Gasteiger partial charge in [0, 0.05) is 17.1 Å². The number of carbonyl (C=O) groups excluding carboxylic acids is 1. The number of hydrogen-bond acceptors (Lipinski definition) is 4. The van der Waals surface area contributed by atoms with Gasteiger partial charge in [-0.05, 0) is 12.1 Å². The number of hydrogen-bond donors (Lipinski definition) is 0. The van der Waals surface area contributed by atoms with Crippen LogP contribution in [0, 0.1) is 0 Å². The fourth-order valence-corrected chi connectivity index (χ4v) is 1.76. The van der Waals surface area contributed by atoms with Crippen LogP contribution in [0.4, 0.5) is 0 Å². The normalized spacial score (nSPS) is 9.71. The number of nitrogens with zero attached hydrogens (tertiary/aromatic N) is 1. The SMILES string of the molecule is O=COc1cccc(-c2nccs2)c1. The first-order chi connectivity index (χ1) is 6.90. The molecule has 0 aliphatic heterocycles. The van der Waals surface area contributed by atoms with Crippen LogP contribution >= 0.6 is 11.3 Å². The standard InChI is InChI=1S/C10H7NO2S/c12-7-13-9-3-1-2-8(6-9)10-11-4-5-14-10/h1-7H. The first-order valence-electron chi connectivity index (χ1n) is 4.00. The van der Waals surface area contributed by atoms with Crippen LogP contribution in [0.5, 0.6) is 5.75 Å². The second kappa shape index (κ2) is 4.02. The summed E-state index contributed by atoms with van der Waals surface area (Å²) in [7, 11) is 0. The molecule has 0 amide bonds. The van der Waals surface area contributed by atoms with Gasteiger partial charge in [-0.15, -0.1) is 11.3 Å². The summed E-state index contributed by atoms with van der Waals surface area (Å²) < 4.78 is 4.74. The molecule has 0 unspecified atom stereocenters. The number of thiazole rings is 1. The molecule has 4 heteroatoms. The first-order valence-corrected chi connectivity index (χ1v) is 4.88. The molecule has 0 radical (unpaired) electrons. The lowest BCUT2D eigenvalue weighted by atomic mass is 10.2. The lowest BCUT2D eigenvalue weighted by Crippen LogP contribution is -1.88. The average molecular weight is 205 g/mol. The van der Waals surface area contributed by atoms with E-state index in [4.69, 9.17) is 4.74 Å². The van der Waals surface area contributed by atoms with Gasteiger partial charge in [-0.3, -0.25) is 4.79 Å². The molecular formula is C10H7NO2S. The van der Waals surface area contributed by atoms with Gasteiger partial charge in [-0.25, -0.2) is 4.98 Å². The van der Waals surface area contributed by atoms with E-state index in [0.717, 1.165) is 10.6 Å². The van der Waals surface area contributed by atoms with Gasteiger partial charge < -0.3 is 4.74 Å². The van der Waals surface area contributed by atoms with Gasteiger partial charge in [-0.1, -0.05) is 12.1 Å². The van der Waals surface area contributed by atoms with Gasteiger partial charge in [0.05, 0.1) is 0 Å². The Hall–Kier alpha value is -1.68. The predicted molar refractivity (Wildman–Crippen MR) is 54.2 cm³/mol. The van der Waals surface area contributed by atoms with E-state index in [1.54, 1.807) is 29.7 Å². The summed E-state index contributed by atoms with van der Waals surface area (Å²) in [4.78, 5) is 14.3. The molecule has 2 rings (SSSR count). The lowest BCUT2D eigenvalue weighted by Gasteiger charge is -1.99. The zero-order valence-corrected chi connectivity index (χ0v) is 8.03. The molecule has 0 aliphatic carbocycles. The highest BCUT2D eigenvalue weighted by Gasteiger charge is 2.01. The topological polar surface area (TPSA) is 39.2 Å². The van der Waals surface area contributed by atoms with Crippen LogP contribution < -0.4 is 4.74 Å². The van der Waals surface area contributed by atoms with Crippen molar-refractivity contribution in [3.63, 3.8) is 0 Å². The van der Waals surface area contributed by atoms with E-state index in [9.17, 15) is 4.79 Å². The van der Waals surface area contributed by atoms with Gasteiger partial charge in [-0.2, -0.15) is 0 Å². The third-order valence-electron chi connectivity index (χ3n) is 1.70. The van der Waals surface area contributed by atoms with E-state index in [-0.39, 0.29) is 0 Å². The molecule has 2 aromatic rings. The van der Waals surface area contributed by atoms with E-state index < -0.39 is 0 Å². The van der Waals surface area contributed by atoms with Crippen LogP contribution in [0.25, 0.3) is 10.6 Å². The lowest BCUT2D eigenvalue weighted by molar-refractivity contribution is -0.120. The summed E-state index contributed by atoms with van der Waals surface area (Å²) in [5, 5.41) is 2.82. The molecule has 0 spiro atoms. The molecule has 1 aromatic carbocycles. The third-order valence-corrected chi connectivity index (χ3v) is 2.52. The van der Waals surface area contributed by atoms with Crippen LogP contribution in [-0.2, 0) is 4.79 Å². The van der Waals surface area contributed by atoms with Crippen molar-refractivity contribution in [2.24, 2.45) is 0 Å². The van der Waals surface area contributed by atoms with Crippen molar-refractivity contribution >= 4 is 17.8 Å². The second-order valence-electron chi connectivity index (χ2n) is 2.58. The summed E-state index contributed by atoms with van der Waals surface area (Å²) in [6.07, 6.45) is 1.74. The zero-order valence-electron chi connectivity index (χ0n) is 7.21. The van der Waals surface area contributed by atoms with Crippen molar-refractivity contribution in [1.82, 2.24) is 4.98 Å². The molecular weight excluding hydrogens is 198 g/mol. The minimum Gasteiger partial charge on any atom is -0.429 e. The molecule has 1 aromatic heterocycles. The van der Waals surface area contributed by atoms with Crippen molar-refractivity contribution < 1.29 is 9.53 Å². The molecule has 14 heavy (non-hydrogen) atoms. The molecule has 0 aliphatic rings. The zero-order chi connectivity index (χ0) is 9.80.